The highest BCUT2D eigenvalue weighted by atomic mass is 32.1. The van der Waals surface area contributed by atoms with Gasteiger partial charge in [-0.2, -0.15) is 11.3 Å². The quantitative estimate of drug-likeness (QED) is 0.888. The molecule has 0 bridgehead atoms. The van der Waals surface area contributed by atoms with Gasteiger partial charge >= 0.3 is 0 Å². The Bertz CT molecular complexity index is 392. The Balaban J connectivity index is 1.56. The summed E-state index contributed by atoms with van der Waals surface area (Å²) in [6.07, 6.45) is 3.27. The number of carbonyl (C=O) groups excluding carboxylic acids is 1. The van der Waals surface area contributed by atoms with E-state index in [-0.39, 0.29) is 17.2 Å². The largest absolute Gasteiger partial charge is 0.381 e. The van der Waals surface area contributed by atoms with Crippen molar-refractivity contribution in [1.29, 1.82) is 0 Å². The summed E-state index contributed by atoms with van der Waals surface area (Å²) in [5.41, 5.74) is 1.64. The SMILES string of the molecule is O=C(NCC1(c2ccsc2)CC1)C1CCOC1. The number of ether oxygens (including phenoxy) is 1. The number of amides is 1. The van der Waals surface area contributed by atoms with E-state index < -0.39 is 0 Å². The van der Waals surface area contributed by atoms with Crippen LogP contribution in [0.2, 0.25) is 0 Å². The highest BCUT2D eigenvalue weighted by Gasteiger charge is 2.44. The second-order valence-corrected chi connectivity index (χ2v) is 5.85. The van der Waals surface area contributed by atoms with Gasteiger partial charge in [0.1, 0.15) is 0 Å². The zero-order valence-corrected chi connectivity index (χ0v) is 10.6. The van der Waals surface area contributed by atoms with E-state index in [0.29, 0.717) is 6.61 Å². The molecule has 92 valence electrons. The minimum atomic E-state index is 0.0771. The number of rotatable bonds is 4. The smallest absolute Gasteiger partial charge is 0.225 e. The van der Waals surface area contributed by atoms with E-state index in [4.69, 9.17) is 4.74 Å². The molecule has 1 aromatic rings. The summed E-state index contributed by atoms with van der Waals surface area (Å²) in [6, 6.07) is 2.18. The summed E-state index contributed by atoms with van der Waals surface area (Å²) in [5, 5.41) is 7.42. The second kappa shape index (κ2) is 4.42. The van der Waals surface area contributed by atoms with Crippen molar-refractivity contribution in [1.82, 2.24) is 5.32 Å². The molecule has 1 aliphatic carbocycles. The Labute approximate surface area is 105 Å². The summed E-state index contributed by atoms with van der Waals surface area (Å²) in [6.45, 7) is 2.12. The minimum absolute atomic E-state index is 0.0771. The molecule has 2 aliphatic rings. The molecule has 0 spiro atoms. The van der Waals surface area contributed by atoms with E-state index in [9.17, 15) is 4.79 Å². The Hall–Kier alpha value is -0.870. The normalized spacial score (nSPS) is 25.8. The molecule has 1 N–H and O–H groups in total. The van der Waals surface area contributed by atoms with Crippen LogP contribution in [0.3, 0.4) is 0 Å². The maximum atomic E-state index is 11.9. The van der Waals surface area contributed by atoms with Gasteiger partial charge in [-0.1, -0.05) is 0 Å². The average Bonchev–Trinajstić information content (AvgIpc) is 2.82. The van der Waals surface area contributed by atoms with Gasteiger partial charge in [0.2, 0.25) is 5.91 Å². The fraction of sp³-hybridized carbons (Fsp3) is 0.615. The monoisotopic (exact) mass is 251 g/mol. The number of thiophene rings is 1. The van der Waals surface area contributed by atoms with E-state index in [1.165, 1.54) is 18.4 Å². The molecule has 4 heteroatoms. The summed E-state index contributed by atoms with van der Waals surface area (Å²) in [5.74, 6) is 0.247. The van der Waals surface area contributed by atoms with Crippen molar-refractivity contribution < 1.29 is 9.53 Å². The lowest BCUT2D eigenvalue weighted by molar-refractivity contribution is -0.125. The molecule has 1 unspecified atom stereocenters. The lowest BCUT2D eigenvalue weighted by atomic mass is 9.99. The van der Waals surface area contributed by atoms with E-state index in [1.807, 2.05) is 0 Å². The van der Waals surface area contributed by atoms with Crippen LogP contribution in [0.15, 0.2) is 16.8 Å². The molecule has 1 saturated carbocycles. The van der Waals surface area contributed by atoms with E-state index in [1.54, 1.807) is 11.3 Å². The summed E-state index contributed by atoms with van der Waals surface area (Å²) in [7, 11) is 0. The first-order chi connectivity index (χ1) is 8.30. The molecule has 2 fully saturated rings. The lowest BCUT2D eigenvalue weighted by Crippen LogP contribution is -2.36. The molecule has 2 heterocycles. The van der Waals surface area contributed by atoms with Gasteiger partial charge in [0.15, 0.2) is 0 Å². The molecular weight excluding hydrogens is 234 g/mol. The van der Waals surface area contributed by atoms with Gasteiger partial charge in [-0.05, 0) is 41.7 Å². The number of nitrogens with one attached hydrogen (secondary N) is 1. The first kappa shape index (κ1) is 11.2. The van der Waals surface area contributed by atoms with Crippen LogP contribution in [-0.2, 0) is 14.9 Å². The van der Waals surface area contributed by atoms with Crippen molar-refractivity contribution in [3.05, 3.63) is 22.4 Å². The van der Waals surface area contributed by atoms with Crippen LogP contribution < -0.4 is 5.32 Å². The molecule has 1 saturated heterocycles. The van der Waals surface area contributed by atoms with Crippen molar-refractivity contribution in [2.24, 2.45) is 5.92 Å². The van der Waals surface area contributed by atoms with Gasteiger partial charge in [-0.25, -0.2) is 0 Å². The number of hydrogen-bond donors (Lipinski definition) is 1. The first-order valence-corrected chi connectivity index (χ1v) is 7.13. The van der Waals surface area contributed by atoms with Crippen LogP contribution in [0.25, 0.3) is 0 Å². The van der Waals surface area contributed by atoms with Gasteiger partial charge in [0.25, 0.3) is 0 Å². The summed E-state index contributed by atoms with van der Waals surface area (Å²) >= 11 is 1.73. The predicted octanol–water partition coefficient (Wildman–Crippen LogP) is 1.93. The van der Waals surface area contributed by atoms with Crippen LogP contribution in [0.1, 0.15) is 24.8 Å². The maximum Gasteiger partial charge on any atom is 0.225 e. The van der Waals surface area contributed by atoms with Crippen molar-refractivity contribution in [2.75, 3.05) is 19.8 Å². The summed E-state index contributed by atoms with van der Waals surface area (Å²) in [4.78, 5) is 11.9. The zero-order chi connectivity index (χ0) is 11.7. The van der Waals surface area contributed by atoms with Crippen molar-refractivity contribution >= 4 is 17.2 Å². The summed E-state index contributed by atoms with van der Waals surface area (Å²) < 4.78 is 5.24. The van der Waals surface area contributed by atoms with Crippen LogP contribution in [-0.4, -0.2) is 25.7 Å². The van der Waals surface area contributed by atoms with E-state index >= 15 is 0 Å². The fourth-order valence-corrected chi connectivity index (χ4v) is 3.21. The van der Waals surface area contributed by atoms with Crippen LogP contribution in [0.5, 0.6) is 0 Å². The second-order valence-electron chi connectivity index (χ2n) is 5.07. The van der Waals surface area contributed by atoms with Crippen molar-refractivity contribution in [2.45, 2.75) is 24.7 Å². The maximum absolute atomic E-state index is 11.9. The van der Waals surface area contributed by atoms with Gasteiger partial charge in [0, 0.05) is 18.6 Å². The first-order valence-electron chi connectivity index (χ1n) is 6.18. The standard InChI is InChI=1S/C13H17NO2S/c15-12(10-1-5-16-7-10)14-9-13(3-4-13)11-2-6-17-8-11/h2,6,8,10H,1,3-5,7,9H2,(H,14,15). The third-order valence-electron chi connectivity index (χ3n) is 3.89. The molecule has 1 amide bonds. The molecule has 1 aliphatic heterocycles. The topological polar surface area (TPSA) is 38.3 Å². The Morgan fingerprint density at radius 3 is 3.06 bits per heavy atom. The van der Waals surface area contributed by atoms with E-state index in [2.05, 4.69) is 22.1 Å². The third kappa shape index (κ3) is 2.24. The Kier molecular flexibility index (Phi) is 2.92. The van der Waals surface area contributed by atoms with Crippen molar-refractivity contribution in [3.63, 3.8) is 0 Å². The highest BCUT2D eigenvalue weighted by molar-refractivity contribution is 7.08. The predicted molar refractivity (Wildman–Crippen MR) is 67.2 cm³/mol. The number of carbonyl (C=O) groups is 1. The average molecular weight is 251 g/mol. The zero-order valence-electron chi connectivity index (χ0n) is 9.78. The van der Waals surface area contributed by atoms with Gasteiger partial charge in [-0.15, -0.1) is 0 Å². The van der Waals surface area contributed by atoms with Gasteiger partial charge < -0.3 is 10.1 Å². The Morgan fingerprint density at radius 2 is 2.47 bits per heavy atom. The van der Waals surface area contributed by atoms with E-state index in [0.717, 1.165) is 19.6 Å². The van der Waals surface area contributed by atoms with Gasteiger partial charge in [0.05, 0.1) is 12.5 Å². The van der Waals surface area contributed by atoms with Crippen LogP contribution in [0.4, 0.5) is 0 Å². The molecule has 0 radical (unpaired) electrons. The molecule has 1 atom stereocenters. The van der Waals surface area contributed by atoms with Crippen LogP contribution >= 0.6 is 11.3 Å². The minimum Gasteiger partial charge on any atom is -0.381 e. The molecule has 1 aromatic heterocycles. The Morgan fingerprint density at radius 1 is 1.59 bits per heavy atom. The molecule has 3 nitrogen and oxygen atoms in total. The lowest BCUT2D eigenvalue weighted by Gasteiger charge is -2.16. The fourth-order valence-electron chi connectivity index (χ4n) is 2.43. The third-order valence-corrected chi connectivity index (χ3v) is 4.57. The highest BCUT2D eigenvalue weighted by Crippen LogP contribution is 2.48. The molecule has 3 rings (SSSR count). The molecule has 0 aromatic carbocycles. The van der Waals surface area contributed by atoms with Gasteiger partial charge in [-0.3, -0.25) is 4.79 Å². The van der Waals surface area contributed by atoms with Crippen LogP contribution in [0, 0.1) is 5.92 Å². The molecule has 17 heavy (non-hydrogen) atoms. The van der Waals surface area contributed by atoms with Crippen molar-refractivity contribution in [3.8, 4) is 0 Å². The number of hydrogen-bond acceptors (Lipinski definition) is 3. The molecular formula is C13H17NO2S.